The summed E-state index contributed by atoms with van der Waals surface area (Å²) in [7, 11) is 1.73. The first kappa shape index (κ1) is 16.4. The van der Waals surface area contributed by atoms with Gasteiger partial charge < -0.3 is 25.4 Å². The van der Waals surface area contributed by atoms with Gasteiger partial charge in [0, 0.05) is 11.1 Å². The molecule has 0 aliphatic carbocycles. The van der Waals surface area contributed by atoms with E-state index in [2.05, 4.69) is 5.32 Å². The van der Waals surface area contributed by atoms with Crippen molar-refractivity contribution < 1.29 is 24.9 Å². The Morgan fingerprint density at radius 1 is 1.40 bits per heavy atom. The highest BCUT2D eigenvalue weighted by molar-refractivity contribution is 5.77. The third kappa shape index (κ3) is 3.93. The third-order valence-corrected chi connectivity index (χ3v) is 2.94. The highest BCUT2D eigenvalue weighted by Crippen LogP contribution is 2.36. The zero-order chi connectivity index (χ0) is 15.1. The first-order valence-corrected chi connectivity index (χ1v) is 6.50. The molecule has 0 bridgehead atoms. The van der Waals surface area contributed by atoms with Gasteiger partial charge in [-0.25, -0.2) is 0 Å². The van der Waals surface area contributed by atoms with Crippen molar-refractivity contribution in [3.8, 4) is 11.5 Å². The van der Waals surface area contributed by atoms with Gasteiger partial charge in [-0.05, 0) is 39.1 Å². The van der Waals surface area contributed by atoms with E-state index >= 15 is 0 Å². The lowest BCUT2D eigenvalue weighted by Crippen LogP contribution is -2.23. The van der Waals surface area contributed by atoms with Crippen LogP contribution in [0, 0.1) is 0 Å². The molecular weight excluding hydrogens is 262 g/mol. The molecule has 0 aliphatic heterocycles. The van der Waals surface area contributed by atoms with Gasteiger partial charge in [-0.3, -0.25) is 4.79 Å². The normalized spacial score (nSPS) is 13.8. The molecule has 0 amide bonds. The van der Waals surface area contributed by atoms with Gasteiger partial charge in [0.2, 0.25) is 0 Å². The maximum absolute atomic E-state index is 10.9. The van der Waals surface area contributed by atoms with Crippen molar-refractivity contribution in [2.45, 2.75) is 25.6 Å². The Bertz CT molecular complexity index is 449. The molecule has 1 aromatic rings. The predicted molar refractivity (Wildman–Crippen MR) is 74.2 cm³/mol. The molecule has 0 spiro atoms. The van der Waals surface area contributed by atoms with E-state index in [1.807, 2.05) is 0 Å². The Hall–Kier alpha value is -1.63. The Morgan fingerprint density at radius 3 is 2.65 bits per heavy atom. The smallest absolute Gasteiger partial charge is 0.163 e. The molecular formula is C14H21NO5. The minimum absolute atomic E-state index is 0.0849. The van der Waals surface area contributed by atoms with Gasteiger partial charge in [-0.15, -0.1) is 0 Å². The Labute approximate surface area is 118 Å². The number of phenols is 1. The molecule has 0 radical (unpaired) electrons. The van der Waals surface area contributed by atoms with Crippen LogP contribution in [0.5, 0.6) is 11.5 Å². The van der Waals surface area contributed by atoms with Crippen LogP contribution >= 0.6 is 0 Å². The lowest BCUT2D eigenvalue weighted by atomic mass is 9.98. The molecule has 0 saturated heterocycles. The number of carbonyl (C=O) groups excluding carboxylic acids is 1. The van der Waals surface area contributed by atoms with Gasteiger partial charge in [0.05, 0.1) is 12.7 Å². The van der Waals surface area contributed by atoms with Gasteiger partial charge in [-0.2, -0.15) is 0 Å². The first-order chi connectivity index (χ1) is 9.54. The fraction of sp³-hybridized carbons (Fsp3) is 0.500. The second-order valence-electron chi connectivity index (χ2n) is 4.41. The van der Waals surface area contributed by atoms with E-state index in [1.165, 1.54) is 12.1 Å². The van der Waals surface area contributed by atoms with Crippen LogP contribution < -0.4 is 10.1 Å². The summed E-state index contributed by atoms with van der Waals surface area (Å²) in [6.07, 6.45) is -1.43. The van der Waals surface area contributed by atoms with E-state index in [4.69, 9.17) is 4.74 Å². The minimum atomic E-state index is -1.29. The van der Waals surface area contributed by atoms with E-state index in [1.54, 1.807) is 14.0 Å². The molecule has 6 nitrogen and oxygen atoms in total. The number of carbonyl (C=O) groups is 1. The lowest BCUT2D eigenvalue weighted by Gasteiger charge is -2.20. The van der Waals surface area contributed by atoms with E-state index in [0.29, 0.717) is 25.9 Å². The lowest BCUT2D eigenvalue weighted by molar-refractivity contribution is 0.0125. The molecule has 2 unspecified atom stereocenters. The number of phenolic OH excluding ortho intramolecular Hbond substituents is 1. The SMILES string of the molecule is CCOc1cc(C=O)cc(C(O)C(O)CCNC)c1O. The molecule has 0 aliphatic rings. The second kappa shape index (κ2) is 7.84. The summed E-state index contributed by atoms with van der Waals surface area (Å²) in [6.45, 7) is 2.57. The number of aromatic hydroxyl groups is 1. The van der Waals surface area contributed by atoms with Gasteiger partial charge >= 0.3 is 0 Å². The number of benzene rings is 1. The molecule has 1 aromatic carbocycles. The van der Waals surface area contributed by atoms with Crippen LogP contribution in [0.2, 0.25) is 0 Å². The highest BCUT2D eigenvalue weighted by Gasteiger charge is 2.23. The quantitative estimate of drug-likeness (QED) is 0.522. The minimum Gasteiger partial charge on any atom is -0.504 e. The van der Waals surface area contributed by atoms with Crippen molar-refractivity contribution in [2.75, 3.05) is 20.2 Å². The fourth-order valence-corrected chi connectivity index (χ4v) is 1.87. The molecule has 20 heavy (non-hydrogen) atoms. The van der Waals surface area contributed by atoms with E-state index in [9.17, 15) is 20.1 Å². The number of aliphatic hydroxyl groups excluding tert-OH is 2. The van der Waals surface area contributed by atoms with Crippen molar-refractivity contribution >= 4 is 6.29 Å². The number of rotatable bonds is 8. The van der Waals surface area contributed by atoms with Crippen LogP contribution in [0.15, 0.2) is 12.1 Å². The summed E-state index contributed by atoms with van der Waals surface area (Å²) in [6, 6.07) is 2.74. The molecule has 0 heterocycles. The summed E-state index contributed by atoms with van der Waals surface area (Å²) in [4.78, 5) is 10.9. The number of ether oxygens (including phenoxy) is 1. The average Bonchev–Trinajstić information content (AvgIpc) is 2.46. The van der Waals surface area contributed by atoms with Gasteiger partial charge in [0.25, 0.3) is 0 Å². The van der Waals surface area contributed by atoms with Crippen LogP contribution in [-0.2, 0) is 0 Å². The van der Waals surface area contributed by atoms with E-state index in [-0.39, 0.29) is 22.6 Å². The summed E-state index contributed by atoms with van der Waals surface area (Å²) >= 11 is 0. The van der Waals surface area contributed by atoms with E-state index in [0.717, 1.165) is 0 Å². The van der Waals surface area contributed by atoms with Gasteiger partial charge in [-0.1, -0.05) is 0 Å². The van der Waals surface area contributed by atoms with E-state index < -0.39 is 12.2 Å². The molecule has 0 aromatic heterocycles. The Kier molecular flexibility index (Phi) is 6.44. The topological polar surface area (TPSA) is 99.0 Å². The zero-order valence-electron chi connectivity index (χ0n) is 11.7. The fourth-order valence-electron chi connectivity index (χ4n) is 1.87. The largest absolute Gasteiger partial charge is 0.504 e. The monoisotopic (exact) mass is 283 g/mol. The number of aldehydes is 1. The summed E-state index contributed by atoms with van der Waals surface area (Å²) in [5, 5.41) is 32.9. The molecule has 0 fully saturated rings. The van der Waals surface area contributed by atoms with Crippen molar-refractivity contribution in [1.29, 1.82) is 0 Å². The zero-order valence-corrected chi connectivity index (χ0v) is 11.7. The Balaban J connectivity index is 3.08. The number of nitrogens with one attached hydrogen (secondary N) is 1. The standard InChI is InChI=1S/C14H21NO5/c1-3-20-12-7-9(8-16)6-10(14(12)19)13(18)11(17)4-5-15-2/h6-8,11,13,15,17-19H,3-5H2,1-2H3. The summed E-state index contributed by atoms with van der Waals surface area (Å²) in [5.41, 5.74) is 0.350. The van der Waals surface area contributed by atoms with Crippen molar-refractivity contribution in [1.82, 2.24) is 5.32 Å². The molecule has 0 saturated carbocycles. The molecule has 1 rings (SSSR count). The Morgan fingerprint density at radius 2 is 2.10 bits per heavy atom. The molecule has 112 valence electrons. The maximum atomic E-state index is 10.9. The first-order valence-electron chi connectivity index (χ1n) is 6.50. The molecule has 4 N–H and O–H groups in total. The molecule has 6 heteroatoms. The predicted octanol–water partition coefficient (Wildman–Crippen LogP) is 0.607. The summed E-state index contributed by atoms with van der Waals surface area (Å²) < 4.78 is 5.22. The number of hydrogen-bond acceptors (Lipinski definition) is 6. The van der Waals surface area contributed by atoms with Crippen LogP contribution in [0.3, 0.4) is 0 Å². The van der Waals surface area contributed by atoms with Crippen molar-refractivity contribution in [3.05, 3.63) is 23.3 Å². The van der Waals surface area contributed by atoms with Crippen LogP contribution in [0.25, 0.3) is 0 Å². The highest BCUT2D eigenvalue weighted by atomic mass is 16.5. The molecule has 2 atom stereocenters. The van der Waals surface area contributed by atoms with Gasteiger partial charge in [0.15, 0.2) is 11.5 Å². The number of aliphatic hydroxyl groups is 2. The van der Waals surface area contributed by atoms with Crippen LogP contribution in [-0.4, -0.2) is 47.9 Å². The van der Waals surface area contributed by atoms with Crippen LogP contribution in [0.1, 0.15) is 35.4 Å². The second-order valence-corrected chi connectivity index (χ2v) is 4.41. The van der Waals surface area contributed by atoms with Crippen molar-refractivity contribution in [2.24, 2.45) is 0 Å². The van der Waals surface area contributed by atoms with Gasteiger partial charge in [0.1, 0.15) is 12.4 Å². The third-order valence-electron chi connectivity index (χ3n) is 2.94. The van der Waals surface area contributed by atoms with Crippen LogP contribution in [0.4, 0.5) is 0 Å². The summed E-state index contributed by atoms with van der Waals surface area (Å²) in [5.74, 6) is -0.138. The van der Waals surface area contributed by atoms with Crippen molar-refractivity contribution in [3.63, 3.8) is 0 Å². The maximum Gasteiger partial charge on any atom is 0.163 e. The number of hydrogen-bond donors (Lipinski definition) is 4. The average molecular weight is 283 g/mol.